The molecular weight excluding hydrogens is 425 g/mol. The third kappa shape index (κ3) is 3.84. The summed E-state index contributed by atoms with van der Waals surface area (Å²) in [6, 6.07) is 16.3. The first-order chi connectivity index (χ1) is 14.7. The molecule has 4 rings (SSSR count). The maximum absolute atomic E-state index is 14.0. The molecule has 1 aliphatic rings. The van der Waals surface area contributed by atoms with E-state index in [2.05, 4.69) is 0 Å². The van der Waals surface area contributed by atoms with Crippen molar-refractivity contribution in [2.75, 3.05) is 14.1 Å². The van der Waals surface area contributed by atoms with Crippen LogP contribution in [0, 0.1) is 5.82 Å². The first kappa shape index (κ1) is 21.1. The van der Waals surface area contributed by atoms with Gasteiger partial charge in [-0.2, -0.15) is 8.78 Å². The van der Waals surface area contributed by atoms with Gasteiger partial charge < -0.3 is 15.2 Å². The summed E-state index contributed by atoms with van der Waals surface area (Å²) >= 11 is 5.21. The Balaban J connectivity index is 1.96. The highest BCUT2D eigenvalue weighted by atomic mass is 32.1. The molecule has 3 aromatic carbocycles. The number of hydrogen-bond acceptors (Lipinski definition) is 3. The van der Waals surface area contributed by atoms with Crippen molar-refractivity contribution in [3.8, 4) is 22.6 Å². The van der Waals surface area contributed by atoms with Crippen LogP contribution in [0.1, 0.15) is 17.2 Å². The van der Waals surface area contributed by atoms with E-state index in [1.807, 2.05) is 26.2 Å². The molecule has 0 saturated carbocycles. The van der Waals surface area contributed by atoms with Crippen molar-refractivity contribution in [1.29, 1.82) is 0 Å². The minimum absolute atomic E-state index is 0.00212. The molecule has 0 fully saturated rings. The van der Waals surface area contributed by atoms with Gasteiger partial charge in [0, 0.05) is 29.9 Å². The van der Waals surface area contributed by atoms with Gasteiger partial charge in [0.1, 0.15) is 29.1 Å². The zero-order chi connectivity index (χ0) is 22.3. The van der Waals surface area contributed by atoms with Gasteiger partial charge in [0.25, 0.3) is 5.11 Å². The summed E-state index contributed by atoms with van der Waals surface area (Å²) in [7, 11) is 3.68. The predicted molar refractivity (Wildman–Crippen MR) is 118 cm³/mol. The maximum atomic E-state index is 14.0. The molecule has 1 aliphatic heterocycles. The SMILES string of the molecule is C[N+](C)(C(N)=S)c1ccc2c(c1)C(c1cccc(F)c1)Oc1cccc(OC(F)F)c1-2. The van der Waals surface area contributed by atoms with E-state index in [0.29, 0.717) is 28.0 Å². The highest BCUT2D eigenvalue weighted by molar-refractivity contribution is 7.80. The van der Waals surface area contributed by atoms with Crippen LogP contribution in [0.2, 0.25) is 0 Å². The first-order valence-corrected chi connectivity index (χ1v) is 9.88. The quantitative estimate of drug-likeness (QED) is 0.432. The van der Waals surface area contributed by atoms with Gasteiger partial charge in [-0.25, -0.2) is 8.87 Å². The number of alkyl halides is 2. The van der Waals surface area contributed by atoms with Gasteiger partial charge in [-0.3, -0.25) is 0 Å². The minimum Gasteiger partial charge on any atom is -0.480 e. The van der Waals surface area contributed by atoms with Crippen LogP contribution in [-0.2, 0) is 0 Å². The van der Waals surface area contributed by atoms with Crippen molar-refractivity contribution in [2.24, 2.45) is 5.73 Å². The van der Waals surface area contributed by atoms with Crippen LogP contribution >= 0.6 is 12.2 Å². The summed E-state index contributed by atoms with van der Waals surface area (Å²) in [6.07, 6.45) is -0.661. The van der Waals surface area contributed by atoms with Crippen LogP contribution in [0.3, 0.4) is 0 Å². The Hall–Kier alpha value is -3.10. The smallest absolute Gasteiger partial charge is 0.387 e. The van der Waals surface area contributed by atoms with Gasteiger partial charge in [-0.05, 0) is 41.5 Å². The lowest BCUT2D eigenvalue weighted by Gasteiger charge is -2.32. The Morgan fingerprint density at radius 2 is 1.84 bits per heavy atom. The van der Waals surface area contributed by atoms with Crippen molar-refractivity contribution in [2.45, 2.75) is 12.7 Å². The average molecular weight is 445 g/mol. The summed E-state index contributed by atoms with van der Waals surface area (Å²) in [5.41, 5.74) is 9.01. The van der Waals surface area contributed by atoms with Crippen LogP contribution in [0.15, 0.2) is 60.7 Å². The van der Waals surface area contributed by atoms with Crippen LogP contribution in [0.25, 0.3) is 11.1 Å². The van der Waals surface area contributed by atoms with E-state index < -0.39 is 18.5 Å². The van der Waals surface area contributed by atoms with Crippen molar-refractivity contribution < 1.29 is 22.6 Å². The average Bonchev–Trinajstić information content (AvgIpc) is 2.72. The summed E-state index contributed by atoms with van der Waals surface area (Å²) in [5, 5.41) is 0.251. The van der Waals surface area contributed by atoms with Gasteiger partial charge in [0.15, 0.2) is 0 Å². The number of halogens is 3. The molecule has 160 valence electrons. The molecule has 0 amide bonds. The topological polar surface area (TPSA) is 44.5 Å². The van der Waals surface area contributed by atoms with Crippen LogP contribution in [0.4, 0.5) is 18.9 Å². The molecule has 2 N–H and O–H groups in total. The van der Waals surface area contributed by atoms with E-state index in [9.17, 15) is 13.2 Å². The highest BCUT2D eigenvalue weighted by Crippen LogP contribution is 2.50. The van der Waals surface area contributed by atoms with E-state index in [-0.39, 0.29) is 15.3 Å². The zero-order valence-electron chi connectivity index (χ0n) is 16.8. The number of thiocarbonyl (C=S) groups is 1. The number of quaternary nitrogens is 1. The van der Waals surface area contributed by atoms with E-state index >= 15 is 0 Å². The third-order valence-corrected chi connectivity index (χ3v) is 5.84. The third-order valence-electron chi connectivity index (χ3n) is 5.38. The highest BCUT2D eigenvalue weighted by Gasteiger charge is 2.33. The lowest BCUT2D eigenvalue weighted by Crippen LogP contribution is -2.50. The standard InChI is InChI=1S/C23H19F3N2O2S/c1-28(2,23(27)31)15-9-10-16-17(12-15)21(13-5-3-6-14(24)11-13)29-18-7-4-8-19(20(16)18)30-22(25)26/h3-12,21-22H,1-2H3,(H-,27,31)/p+1. The molecule has 8 heteroatoms. The Kier molecular flexibility index (Phi) is 5.36. The number of nitrogens with zero attached hydrogens (tertiary/aromatic N) is 1. The second-order valence-electron chi connectivity index (χ2n) is 7.62. The molecular formula is C23H20F3N2O2S+. The van der Waals surface area contributed by atoms with E-state index in [1.165, 1.54) is 18.2 Å². The fourth-order valence-electron chi connectivity index (χ4n) is 3.65. The van der Waals surface area contributed by atoms with E-state index in [4.69, 9.17) is 27.4 Å². The molecule has 3 aromatic rings. The Morgan fingerprint density at radius 1 is 1.10 bits per heavy atom. The second-order valence-corrected chi connectivity index (χ2v) is 8.04. The normalized spacial score (nSPS) is 15.1. The fourth-order valence-corrected chi connectivity index (χ4v) is 3.75. The number of fused-ring (bicyclic) bond motifs is 3. The van der Waals surface area contributed by atoms with Gasteiger partial charge in [-0.1, -0.05) is 18.2 Å². The Morgan fingerprint density at radius 3 is 2.52 bits per heavy atom. The summed E-state index contributed by atoms with van der Waals surface area (Å²) < 4.78 is 51.1. The van der Waals surface area contributed by atoms with Crippen molar-refractivity contribution in [3.05, 3.63) is 77.6 Å². The second kappa shape index (κ2) is 7.86. The van der Waals surface area contributed by atoms with E-state index in [0.717, 1.165) is 5.69 Å². The lowest BCUT2D eigenvalue weighted by molar-refractivity contribution is -0.0496. The van der Waals surface area contributed by atoms with E-state index in [1.54, 1.807) is 30.3 Å². The molecule has 0 radical (unpaired) electrons. The first-order valence-electron chi connectivity index (χ1n) is 9.47. The number of benzene rings is 3. The molecule has 0 bridgehead atoms. The van der Waals surface area contributed by atoms with Gasteiger partial charge in [-0.15, -0.1) is 0 Å². The van der Waals surface area contributed by atoms with Gasteiger partial charge in [0.05, 0.1) is 19.7 Å². The number of rotatable bonds is 4. The van der Waals surface area contributed by atoms with Crippen molar-refractivity contribution in [1.82, 2.24) is 4.48 Å². The minimum atomic E-state index is -2.99. The van der Waals surface area contributed by atoms with Crippen LogP contribution < -0.4 is 19.7 Å². The molecule has 0 spiro atoms. The summed E-state index contributed by atoms with van der Waals surface area (Å²) in [4.78, 5) is 0. The number of ether oxygens (including phenoxy) is 2. The van der Waals surface area contributed by atoms with Gasteiger partial charge in [0.2, 0.25) is 0 Å². The fraction of sp³-hybridized carbons (Fsp3) is 0.174. The Labute approximate surface area is 183 Å². The largest absolute Gasteiger partial charge is 0.480 e. The maximum Gasteiger partial charge on any atom is 0.387 e. The predicted octanol–water partition coefficient (Wildman–Crippen LogP) is 5.39. The van der Waals surface area contributed by atoms with Crippen molar-refractivity contribution >= 4 is 23.0 Å². The van der Waals surface area contributed by atoms with Gasteiger partial charge >= 0.3 is 6.61 Å². The number of hydrogen-bond donors (Lipinski definition) is 1. The summed E-state index contributed by atoms with van der Waals surface area (Å²) in [5.74, 6) is -0.0309. The molecule has 4 nitrogen and oxygen atoms in total. The lowest BCUT2D eigenvalue weighted by atomic mass is 9.88. The van der Waals surface area contributed by atoms with Crippen LogP contribution in [-0.4, -0.2) is 25.8 Å². The molecule has 0 saturated heterocycles. The Bertz CT molecular complexity index is 1170. The molecule has 1 heterocycles. The molecule has 0 aliphatic carbocycles. The molecule has 0 aromatic heterocycles. The van der Waals surface area contributed by atoms with Crippen LogP contribution in [0.5, 0.6) is 11.5 Å². The molecule has 1 atom stereocenters. The number of nitrogens with two attached hydrogens (primary N) is 1. The summed E-state index contributed by atoms with van der Waals surface area (Å²) in [6.45, 7) is -2.99. The molecule has 1 unspecified atom stereocenters. The molecule has 31 heavy (non-hydrogen) atoms. The monoisotopic (exact) mass is 445 g/mol. The van der Waals surface area contributed by atoms with Crippen molar-refractivity contribution in [3.63, 3.8) is 0 Å². The zero-order valence-corrected chi connectivity index (χ0v) is 17.6.